The fourth-order valence-corrected chi connectivity index (χ4v) is 2.93. The topological polar surface area (TPSA) is 23.5 Å². The minimum Gasteiger partial charge on any atom is -0.393 e. The number of likely N-dealkylation sites (tertiary alicyclic amines) is 1. The van der Waals surface area contributed by atoms with Crippen LogP contribution in [0.25, 0.3) is 0 Å². The van der Waals surface area contributed by atoms with Gasteiger partial charge in [0.15, 0.2) is 0 Å². The molecule has 1 N–H and O–H groups in total. The SMILES string of the molecule is CCCCCCCN1CCCCC1CC(C)O. The molecule has 2 nitrogen and oxygen atoms in total. The third-order valence-electron chi connectivity index (χ3n) is 3.91. The molecule has 102 valence electrons. The van der Waals surface area contributed by atoms with Gasteiger partial charge in [-0.3, -0.25) is 0 Å². The van der Waals surface area contributed by atoms with Gasteiger partial charge < -0.3 is 10.0 Å². The van der Waals surface area contributed by atoms with Crippen molar-refractivity contribution in [3.05, 3.63) is 0 Å². The maximum atomic E-state index is 9.54. The van der Waals surface area contributed by atoms with Crippen LogP contribution >= 0.6 is 0 Å². The Morgan fingerprint density at radius 1 is 1.18 bits per heavy atom. The first-order valence-corrected chi connectivity index (χ1v) is 7.66. The Labute approximate surface area is 107 Å². The summed E-state index contributed by atoms with van der Waals surface area (Å²) in [5, 5.41) is 9.54. The van der Waals surface area contributed by atoms with Gasteiger partial charge in [-0.1, -0.05) is 39.0 Å². The molecule has 1 aliphatic heterocycles. The highest BCUT2D eigenvalue weighted by Gasteiger charge is 2.22. The lowest BCUT2D eigenvalue weighted by molar-refractivity contribution is 0.0855. The maximum Gasteiger partial charge on any atom is 0.0527 e. The second-order valence-electron chi connectivity index (χ2n) is 5.68. The van der Waals surface area contributed by atoms with Crippen LogP contribution in [-0.4, -0.2) is 35.2 Å². The van der Waals surface area contributed by atoms with Crippen LogP contribution in [0.5, 0.6) is 0 Å². The Kier molecular flexibility index (Phi) is 7.87. The van der Waals surface area contributed by atoms with Crippen molar-refractivity contribution in [3.63, 3.8) is 0 Å². The zero-order valence-corrected chi connectivity index (χ0v) is 11.8. The van der Waals surface area contributed by atoms with E-state index >= 15 is 0 Å². The summed E-state index contributed by atoms with van der Waals surface area (Å²) in [5.74, 6) is 0. The fourth-order valence-electron chi connectivity index (χ4n) is 2.93. The van der Waals surface area contributed by atoms with Gasteiger partial charge in [0.2, 0.25) is 0 Å². The molecule has 0 amide bonds. The Hall–Kier alpha value is -0.0800. The average molecular weight is 241 g/mol. The van der Waals surface area contributed by atoms with Crippen molar-refractivity contribution >= 4 is 0 Å². The highest BCUT2D eigenvalue weighted by Crippen LogP contribution is 2.21. The standard InChI is InChI=1S/C15H31NO/c1-3-4-5-6-8-11-16-12-9-7-10-15(16)13-14(2)17/h14-15,17H,3-13H2,1-2H3. The van der Waals surface area contributed by atoms with Crippen LogP contribution in [0.15, 0.2) is 0 Å². The van der Waals surface area contributed by atoms with Gasteiger partial charge in [-0.2, -0.15) is 0 Å². The zero-order valence-electron chi connectivity index (χ0n) is 11.8. The van der Waals surface area contributed by atoms with Crippen molar-refractivity contribution in [2.45, 2.75) is 83.8 Å². The van der Waals surface area contributed by atoms with Crippen molar-refractivity contribution in [2.75, 3.05) is 13.1 Å². The van der Waals surface area contributed by atoms with Gasteiger partial charge in [0, 0.05) is 6.04 Å². The van der Waals surface area contributed by atoms with Gasteiger partial charge in [0.25, 0.3) is 0 Å². The van der Waals surface area contributed by atoms with Crippen molar-refractivity contribution in [3.8, 4) is 0 Å². The quantitative estimate of drug-likeness (QED) is 0.657. The number of piperidine rings is 1. The predicted molar refractivity (Wildman–Crippen MR) is 74.3 cm³/mol. The molecule has 17 heavy (non-hydrogen) atoms. The number of rotatable bonds is 8. The number of aliphatic hydroxyl groups is 1. The molecule has 0 aromatic carbocycles. The van der Waals surface area contributed by atoms with Gasteiger partial charge in [-0.25, -0.2) is 0 Å². The lowest BCUT2D eigenvalue weighted by atomic mass is 9.97. The molecular formula is C15H31NO. The van der Waals surface area contributed by atoms with Crippen LogP contribution in [0, 0.1) is 0 Å². The lowest BCUT2D eigenvalue weighted by Crippen LogP contribution is -2.41. The molecule has 0 aromatic rings. The van der Waals surface area contributed by atoms with Crippen molar-refractivity contribution in [1.82, 2.24) is 4.90 Å². The van der Waals surface area contributed by atoms with E-state index in [1.807, 2.05) is 6.92 Å². The molecule has 0 spiro atoms. The van der Waals surface area contributed by atoms with Crippen LogP contribution in [-0.2, 0) is 0 Å². The molecule has 2 heteroatoms. The van der Waals surface area contributed by atoms with Gasteiger partial charge >= 0.3 is 0 Å². The summed E-state index contributed by atoms with van der Waals surface area (Å²) in [6, 6.07) is 0.648. The molecule has 1 fully saturated rings. The summed E-state index contributed by atoms with van der Waals surface area (Å²) in [4.78, 5) is 2.63. The summed E-state index contributed by atoms with van der Waals surface area (Å²) in [5.41, 5.74) is 0. The monoisotopic (exact) mass is 241 g/mol. The van der Waals surface area contributed by atoms with E-state index < -0.39 is 0 Å². The molecule has 0 aliphatic carbocycles. The van der Waals surface area contributed by atoms with E-state index in [0.717, 1.165) is 6.42 Å². The van der Waals surface area contributed by atoms with E-state index in [0.29, 0.717) is 6.04 Å². The smallest absolute Gasteiger partial charge is 0.0527 e. The Morgan fingerprint density at radius 3 is 2.65 bits per heavy atom. The fraction of sp³-hybridized carbons (Fsp3) is 1.00. The first-order valence-electron chi connectivity index (χ1n) is 7.66. The van der Waals surface area contributed by atoms with Gasteiger partial charge in [0.05, 0.1) is 6.10 Å². The molecule has 0 saturated carbocycles. The Morgan fingerprint density at radius 2 is 1.94 bits per heavy atom. The Bertz CT molecular complexity index is 182. The normalized spacial score (nSPS) is 23.8. The van der Waals surface area contributed by atoms with Crippen LogP contribution in [0.2, 0.25) is 0 Å². The van der Waals surface area contributed by atoms with Crippen LogP contribution in [0.3, 0.4) is 0 Å². The highest BCUT2D eigenvalue weighted by atomic mass is 16.3. The molecule has 1 rings (SSSR count). The molecule has 2 unspecified atom stereocenters. The van der Waals surface area contributed by atoms with Crippen molar-refractivity contribution in [2.24, 2.45) is 0 Å². The first kappa shape index (κ1) is 15.0. The van der Waals surface area contributed by atoms with Gasteiger partial charge in [0.1, 0.15) is 0 Å². The molecule has 2 atom stereocenters. The lowest BCUT2D eigenvalue weighted by Gasteiger charge is -2.36. The number of hydrogen-bond donors (Lipinski definition) is 1. The zero-order chi connectivity index (χ0) is 12.5. The van der Waals surface area contributed by atoms with E-state index in [9.17, 15) is 5.11 Å². The third kappa shape index (κ3) is 6.42. The second kappa shape index (κ2) is 8.93. The first-order chi connectivity index (χ1) is 8.24. The number of nitrogens with zero attached hydrogens (tertiary/aromatic N) is 1. The van der Waals surface area contributed by atoms with Crippen LogP contribution in [0.4, 0.5) is 0 Å². The minimum absolute atomic E-state index is 0.138. The highest BCUT2D eigenvalue weighted by molar-refractivity contribution is 4.78. The summed E-state index contributed by atoms with van der Waals surface area (Å²) in [7, 11) is 0. The Balaban J connectivity index is 2.18. The number of aliphatic hydroxyl groups excluding tert-OH is 1. The molecule has 0 aromatic heterocycles. The average Bonchev–Trinajstić information content (AvgIpc) is 2.30. The van der Waals surface area contributed by atoms with E-state index in [4.69, 9.17) is 0 Å². The summed E-state index contributed by atoms with van der Waals surface area (Å²) in [6.45, 7) is 6.70. The van der Waals surface area contributed by atoms with Gasteiger partial charge in [-0.05, 0) is 45.7 Å². The second-order valence-corrected chi connectivity index (χ2v) is 5.68. The molecular weight excluding hydrogens is 210 g/mol. The molecule has 0 radical (unpaired) electrons. The van der Waals surface area contributed by atoms with E-state index in [1.54, 1.807) is 0 Å². The number of unbranched alkanes of at least 4 members (excludes halogenated alkanes) is 4. The summed E-state index contributed by atoms with van der Waals surface area (Å²) < 4.78 is 0. The largest absolute Gasteiger partial charge is 0.393 e. The minimum atomic E-state index is -0.138. The van der Waals surface area contributed by atoms with E-state index in [-0.39, 0.29) is 6.10 Å². The molecule has 0 bridgehead atoms. The van der Waals surface area contributed by atoms with Crippen molar-refractivity contribution in [1.29, 1.82) is 0 Å². The predicted octanol–water partition coefficient (Wildman–Crippen LogP) is 3.58. The van der Waals surface area contributed by atoms with Crippen LogP contribution in [0.1, 0.15) is 71.6 Å². The summed E-state index contributed by atoms with van der Waals surface area (Å²) >= 11 is 0. The van der Waals surface area contributed by atoms with Crippen LogP contribution < -0.4 is 0 Å². The van der Waals surface area contributed by atoms with E-state index in [1.165, 1.54) is 64.5 Å². The molecule has 1 heterocycles. The van der Waals surface area contributed by atoms with Gasteiger partial charge in [-0.15, -0.1) is 0 Å². The van der Waals surface area contributed by atoms with E-state index in [2.05, 4.69) is 11.8 Å². The molecule has 1 aliphatic rings. The number of hydrogen-bond acceptors (Lipinski definition) is 2. The molecule has 1 saturated heterocycles. The summed E-state index contributed by atoms with van der Waals surface area (Å²) in [6.07, 6.45) is 11.7. The van der Waals surface area contributed by atoms with Crippen molar-refractivity contribution < 1.29 is 5.11 Å². The maximum absolute atomic E-state index is 9.54. The third-order valence-corrected chi connectivity index (χ3v) is 3.91.